The van der Waals surface area contributed by atoms with E-state index in [0.29, 0.717) is 35.6 Å². The van der Waals surface area contributed by atoms with Crippen LogP contribution in [0.5, 0.6) is 11.6 Å². The lowest BCUT2D eigenvalue weighted by molar-refractivity contribution is 0.270. The van der Waals surface area contributed by atoms with E-state index in [1.54, 1.807) is 25.7 Å². The fourth-order valence-electron chi connectivity index (χ4n) is 2.83. The van der Waals surface area contributed by atoms with Gasteiger partial charge in [0, 0.05) is 18.3 Å². The van der Waals surface area contributed by atoms with Crippen LogP contribution in [0.1, 0.15) is 13.8 Å². The third kappa shape index (κ3) is 3.51. The van der Waals surface area contributed by atoms with E-state index in [4.69, 9.17) is 14.5 Å². The SMILES string of the molecule is COc1ccc(-n2c(-c3ccccn3)nc3cc(OCC(C)C)cnc32)cn1. The smallest absolute Gasteiger partial charge is 0.213 e. The number of ether oxygens (including phenoxy) is 2. The van der Waals surface area contributed by atoms with Crippen LogP contribution in [0.15, 0.2) is 55.0 Å². The maximum atomic E-state index is 5.81. The Labute approximate surface area is 163 Å². The Morgan fingerprint density at radius 3 is 2.61 bits per heavy atom. The van der Waals surface area contributed by atoms with Crippen molar-refractivity contribution in [3.63, 3.8) is 0 Å². The van der Waals surface area contributed by atoms with Gasteiger partial charge in [0.05, 0.1) is 31.8 Å². The van der Waals surface area contributed by atoms with Gasteiger partial charge in [-0.2, -0.15) is 0 Å². The van der Waals surface area contributed by atoms with E-state index in [9.17, 15) is 0 Å². The van der Waals surface area contributed by atoms with Crippen molar-refractivity contribution in [1.29, 1.82) is 0 Å². The van der Waals surface area contributed by atoms with Crippen LogP contribution >= 0.6 is 0 Å². The molecule has 0 spiro atoms. The molecule has 0 bridgehead atoms. The second kappa shape index (κ2) is 7.64. The number of pyridine rings is 3. The van der Waals surface area contributed by atoms with E-state index in [0.717, 1.165) is 16.9 Å². The van der Waals surface area contributed by atoms with Crippen LogP contribution in [-0.2, 0) is 0 Å². The third-order valence-electron chi connectivity index (χ3n) is 4.14. The minimum Gasteiger partial charge on any atom is -0.492 e. The van der Waals surface area contributed by atoms with Crippen molar-refractivity contribution in [2.24, 2.45) is 5.92 Å². The van der Waals surface area contributed by atoms with Crippen molar-refractivity contribution in [3.05, 3.63) is 55.0 Å². The summed E-state index contributed by atoms with van der Waals surface area (Å²) in [5.74, 6) is 2.37. The molecule has 0 N–H and O–H groups in total. The van der Waals surface area contributed by atoms with Crippen LogP contribution in [0.25, 0.3) is 28.4 Å². The van der Waals surface area contributed by atoms with Crippen LogP contribution < -0.4 is 9.47 Å². The van der Waals surface area contributed by atoms with Crippen LogP contribution in [0.4, 0.5) is 0 Å². The van der Waals surface area contributed by atoms with E-state index in [-0.39, 0.29) is 0 Å². The normalized spacial score (nSPS) is 11.1. The first-order valence-corrected chi connectivity index (χ1v) is 9.09. The first kappa shape index (κ1) is 17.9. The molecular formula is C21H21N5O2. The van der Waals surface area contributed by atoms with Crippen molar-refractivity contribution < 1.29 is 9.47 Å². The predicted molar refractivity (Wildman–Crippen MR) is 107 cm³/mol. The van der Waals surface area contributed by atoms with Crippen molar-refractivity contribution in [2.45, 2.75) is 13.8 Å². The second-order valence-electron chi connectivity index (χ2n) is 6.76. The maximum Gasteiger partial charge on any atom is 0.213 e. The van der Waals surface area contributed by atoms with Crippen LogP contribution in [0, 0.1) is 5.92 Å². The molecular weight excluding hydrogens is 354 g/mol. The number of hydrogen-bond acceptors (Lipinski definition) is 6. The summed E-state index contributed by atoms with van der Waals surface area (Å²) in [5, 5.41) is 0. The monoisotopic (exact) mass is 375 g/mol. The topological polar surface area (TPSA) is 75.0 Å². The van der Waals surface area contributed by atoms with Gasteiger partial charge in [0.25, 0.3) is 0 Å². The molecule has 4 rings (SSSR count). The summed E-state index contributed by atoms with van der Waals surface area (Å²) in [7, 11) is 1.59. The van der Waals surface area contributed by atoms with E-state index >= 15 is 0 Å². The van der Waals surface area contributed by atoms with Gasteiger partial charge in [-0.05, 0) is 24.1 Å². The highest BCUT2D eigenvalue weighted by molar-refractivity contribution is 5.80. The molecule has 0 saturated carbocycles. The van der Waals surface area contributed by atoms with Gasteiger partial charge in [-0.1, -0.05) is 19.9 Å². The van der Waals surface area contributed by atoms with Gasteiger partial charge in [-0.25, -0.2) is 15.0 Å². The summed E-state index contributed by atoms with van der Waals surface area (Å²) < 4.78 is 12.9. The van der Waals surface area contributed by atoms with Gasteiger partial charge >= 0.3 is 0 Å². The predicted octanol–water partition coefficient (Wildman–Crippen LogP) is 3.92. The molecule has 0 atom stereocenters. The molecule has 0 aliphatic rings. The summed E-state index contributed by atoms with van der Waals surface area (Å²) in [6.07, 6.45) is 5.20. The van der Waals surface area contributed by atoms with Crippen LogP contribution in [0.2, 0.25) is 0 Å². The Morgan fingerprint density at radius 2 is 1.93 bits per heavy atom. The van der Waals surface area contributed by atoms with E-state index in [1.165, 1.54) is 0 Å². The molecule has 0 radical (unpaired) electrons. The molecule has 0 aromatic carbocycles. The molecule has 7 nitrogen and oxygen atoms in total. The zero-order chi connectivity index (χ0) is 19.5. The molecule has 28 heavy (non-hydrogen) atoms. The zero-order valence-corrected chi connectivity index (χ0v) is 16.0. The lowest BCUT2D eigenvalue weighted by Crippen LogP contribution is -2.05. The van der Waals surface area contributed by atoms with Crippen molar-refractivity contribution in [1.82, 2.24) is 24.5 Å². The molecule has 0 aliphatic carbocycles. The molecule has 4 heterocycles. The number of hydrogen-bond donors (Lipinski definition) is 0. The Balaban J connectivity index is 1.86. The van der Waals surface area contributed by atoms with Crippen LogP contribution in [0.3, 0.4) is 0 Å². The molecule has 0 unspecified atom stereocenters. The Bertz CT molecular complexity index is 1080. The van der Waals surface area contributed by atoms with Crippen LogP contribution in [-0.4, -0.2) is 38.2 Å². The quantitative estimate of drug-likeness (QED) is 0.508. The average Bonchev–Trinajstić information content (AvgIpc) is 3.11. The lowest BCUT2D eigenvalue weighted by atomic mass is 10.2. The summed E-state index contributed by atoms with van der Waals surface area (Å²) in [6.45, 7) is 4.84. The Kier molecular flexibility index (Phi) is 4.89. The Morgan fingerprint density at radius 1 is 1.04 bits per heavy atom. The van der Waals surface area contributed by atoms with Gasteiger partial charge < -0.3 is 9.47 Å². The van der Waals surface area contributed by atoms with E-state index in [1.807, 2.05) is 41.0 Å². The first-order valence-electron chi connectivity index (χ1n) is 9.09. The first-order chi connectivity index (χ1) is 13.7. The summed E-state index contributed by atoms with van der Waals surface area (Å²) in [5.41, 5.74) is 3.02. The molecule has 0 saturated heterocycles. The maximum absolute atomic E-state index is 5.81. The summed E-state index contributed by atoms with van der Waals surface area (Å²) >= 11 is 0. The largest absolute Gasteiger partial charge is 0.492 e. The van der Waals surface area contributed by atoms with Gasteiger partial charge in [-0.15, -0.1) is 0 Å². The fraction of sp³-hybridized carbons (Fsp3) is 0.238. The van der Waals surface area contributed by atoms with E-state index in [2.05, 4.69) is 28.8 Å². The van der Waals surface area contributed by atoms with Gasteiger partial charge in [0.15, 0.2) is 11.5 Å². The number of nitrogens with zero attached hydrogens (tertiary/aromatic N) is 5. The highest BCUT2D eigenvalue weighted by Crippen LogP contribution is 2.28. The van der Waals surface area contributed by atoms with Gasteiger partial charge in [0.1, 0.15) is 17.0 Å². The third-order valence-corrected chi connectivity index (χ3v) is 4.14. The second-order valence-corrected chi connectivity index (χ2v) is 6.76. The molecule has 0 amide bonds. The summed E-state index contributed by atoms with van der Waals surface area (Å²) in [6, 6.07) is 11.4. The number of fused-ring (bicyclic) bond motifs is 1. The lowest BCUT2D eigenvalue weighted by Gasteiger charge is -2.09. The highest BCUT2D eigenvalue weighted by Gasteiger charge is 2.17. The van der Waals surface area contributed by atoms with Gasteiger partial charge in [0.2, 0.25) is 5.88 Å². The molecule has 0 aliphatic heterocycles. The van der Waals surface area contributed by atoms with E-state index < -0.39 is 0 Å². The van der Waals surface area contributed by atoms with Crippen molar-refractivity contribution in [3.8, 4) is 28.8 Å². The number of rotatable bonds is 6. The molecule has 4 aromatic rings. The number of aromatic nitrogens is 5. The molecule has 7 heteroatoms. The minimum absolute atomic E-state index is 0.433. The number of imidazole rings is 1. The fourth-order valence-corrected chi connectivity index (χ4v) is 2.83. The minimum atomic E-state index is 0.433. The summed E-state index contributed by atoms with van der Waals surface area (Å²) in [4.78, 5) is 18.2. The molecule has 4 aromatic heterocycles. The highest BCUT2D eigenvalue weighted by atomic mass is 16.5. The number of methoxy groups -OCH3 is 1. The molecule has 142 valence electrons. The molecule has 0 fully saturated rings. The van der Waals surface area contributed by atoms with Crippen molar-refractivity contribution in [2.75, 3.05) is 13.7 Å². The zero-order valence-electron chi connectivity index (χ0n) is 16.0. The Hall–Kier alpha value is -3.48. The average molecular weight is 375 g/mol. The standard InChI is InChI=1S/C21H21N5O2/c1-14(2)13-28-16-10-18-20(24-12-16)26(15-7-8-19(27-3)23-11-15)21(25-18)17-6-4-5-9-22-17/h4-12,14H,13H2,1-3H3. The van der Waals surface area contributed by atoms with Crippen molar-refractivity contribution >= 4 is 11.2 Å². The van der Waals surface area contributed by atoms with Gasteiger partial charge in [-0.3, -0.25) is 9.55 Å².